The van der Waals surface area contributed by atoms with E-state index in [9.17, 15) is 10.2 Å². The molecule has 1 fully saturated rings. The van der Waals surface area contributed by atoms with E-state index in [0.29, 0.717) is 29.7 Å². The first kappa shape index (κ1) is 21.2. The molecule has 1 saturated heterocycles. The van der Waals surface area contributed by atoms with Gasteiger partial charge in [-0.05, 0) is 62.2 Å². The zero-order chi connectivity index (χ0) is 21.8. The molecule has 0 spiro atoms. The summed E-state index contributed by atoms with van der Waals surface area (Å²) in [6, 6.07) is 11.3. The van der Waals surface area contributed by atoms with Gasteiger partial charge in [-0.1, -0.05) is 0 Å². The molecular formula is C24H29N3O4. The molecule has 7 heteroatoms. The Balaban J connectivity index is 1.57. The number of phenolic OH excluding ortho intramolecular Hbond substituents is 1. The molecule has 3 N–H and O–H groups in total. The predicted octanol–water partition coefficient (Wildman–Crippen LogP) is 3.91. The average Bonchev–Trinajstić information content (AvgIpc) is 2.81. The molecule has 3 aromatic rings. The molecule has 0 amide bonds. The molecule has 0 unspecified atom stereocenters. The summed E-state index contributed by atoms with van der Waals surface area (Å²) in [5.41, 5.74) is 3.46. The fraction of sp³-hybridized carbons (Fsp3) is 0.375. The van der Waals surface area contributed by atoms with E-state index in [1.807, 2.05) is 30.3 Å². The Kier molecular flexibility index (Phi) is 6.44. The van der Waals surface area contributed by atoms with Crippen molar-refractivity contribution in [3.05, 3.63) is 48.2 Å². The number of rotatable bonds is 7. The molecule has 0 atom stereocenters. The van der Waals surface area contributed by atoms with Crippen molar-refractivity contribution in [2.75, 3.05) is 39.2 Å². The van der Waals surface area contributed by atoms with E-state index in [1.54, 1.807) is 26.5 Å². The summed E-state index contributed by atoms with van der Waals surface area (Å²) in [6.45, 7) is 2.80. The van der Waals surface area contributed by atoms with E-state index < -0.39 is 0 Å². The zero-order valence-corrected chi connectivity index (χ0v) is 18.0. The van der Waals surface area contributed by atoms with Crippen LogP contribution in [0, 0.1) is 5.92 Å². The molecule has 1 aliphatic heterocycles. The Labute approximate surface area is 182 Å². The molecule has 0 aliphatic carbocycles. The quantitative estimate of drug-likeness (QED) is 0.497. The summed E-state index contributed by atoms with van der Waals surface area (Å²) in [4.78, 5) is 6.77. The maximum absolute atomic E-state index is 10.4. The minimum atomic E-state index is 0.259. The van der Waals surface area contributed by atoms with Gasteiger partial charge in [0, 0.05) is 47.7 Å². The minimum Gasteiger partial charge on any atom is -0.508 e. The number of aromatic nitrogens is 1. The number of hydrogen-bond acceptors (Lipinski definition) is 7. The van der Waals surface area contributed by atoms with E-state index >= 15 is 0 Å². The second-order valence-electron chi connectivity index (χ2n) is 7.95. The van der Waals surface area contributed by atoms with Gasteiger partial charge in [0.2, 0.25) is 0 Å². The molecule has 2 aromatic carbocycles. The van der Waals surface area contributed by atoms with Gasteiger partial charge in [0.25, 0.3) is 0 Å². The lowest BCUT2D eigenvalue weighted by Gasteiger charge is -2.31. The Morgan fingerprint density at radius 2 is 1.81 bits per heavy atom. The van der Waals surface area contributed by atoms with Crippen LogP contribution in [0.15, 0.2) is 42.6 Å². The van der Waals surface area contributed by atoms with Crippen molar-refractivity contribution < 1.29 is 19.7 Å². The number of fused-ring (bicyclic) bond motifs is 1. The smallest absolute Gasteiger partial charge is 0.162 e. The highest BCUT2D eigenvalue weighted by Gasteiger charge is 2.19. The molecule has 0 radical (unpaired) electrons. The number of aliphatic hydroxyl groups is 1. The van der Waals surface area contributed by atoms with E-state index in [-0.39, 0.29) is 6.61 Å². The van der Waals surface area contributed by atoms with E-state index in [0.717, 1.165) is 53.8 Å². The van der Waals surface area contributed by atoms with Gasteiger partial charge in [0.15, 0.2) is 11.5 Å². The second-order valence-corrected chi connectivity index (χ2v) is 7.95. The number of likely N-dealkylation sites (tertiary alicyclic amines) is 1. The number of nitrogens with one attached hydrogen (secondary N) is 1. The SMILES string of the molecule is COc1cc2nccc(Nc3ccc(O)c(CN4CCC(CO)CC4)c3)c2cc1OC. The van der Waals surface area contributed by atoms with E-state index in [2.05, 4.69) is 15.2 Å². The maximum atomic E-state index is 10.4. The molecular weight excluding hydrogens is 394 g/mol. The van der Waals surface area contributed by atoms with Crippen molar-refractivity contribution in [2.24, 2.45) is 5.92 Å². The maximum Gasteiger partial charge on any atom is 0.162 e. The first-order valence-electron chi connectivity index (χ1n) is 10.5. The molecule has 164 valence electrons. The molecule has 1 aliphatic rings. The molecule has 1 aromatic heterocycles. The van der Waals surface area contributed by atoms with Crippen LogP contribution in [0.3, 0.4) is 0 Å². The van der Waals surface area contributed by atoms with Crippen LogP contribution in [0.5, 0.6) is 17.2 Å². The number of ether oxygens (including phenoxy) is 2. The molecule has 31 heavy (non-hydrogen) atoms. The summed E-state index contributed by atoms with van der Waals surface area (Å²) in [5.74, 6) is 1.97. The van der Waals surface area contributed by atoms with Crippen LogP contribution in [-0.2, 0) is 6.54 Å². The summed E-state index contributed by atoms with van der Waals surface area (Å²) >= 11 is 0. The standard InChI is InChI=1S/C24H29N3O4/c1-30-23-12-19-20(5-8-25-21(19)13-24(23)31-2)26-18-3-4-22(29)17(11-18)14-27-9-6-16(15-28)7-10-27/h3-5,8,11-13,16,28-29H,6-7,9-10,14-15H2,1-2H3,(H,25,26). The van der Waals surface area contributed by atoms with Crippen LogP contribution in [0.25, 0.3) is 10.9 Å². The van der Waals surface area contributed by atoms with Gasteiger partial charge in [-0.25, -0.2) is 0 Å². The topological polar surface area (TPSA) is 87.1 Å². The Bertz CT molecular complexity index is 1050. The summed E-state index contributed by atoms with van der Waals surface area (Å²) in [7, 11) is 3.22. The number of phenols is 1. The van der Waals surface area contributed by atoms with Crippen LogP contribution in [0.4, 0.5) is 11.4 Å². The van der Waals surface area contributed by atoms with Gasteiger partial charge >= 0.3 is 0 Å². The number of hydrogen-bond donors (Lipinski definition) is 3. The fourth-order valence-electron chi connectivity index (χ4n) is 4.10. The monoisotopic (exact) mass is 423 g/mol. The summed E-state index contributed by atoms with van der Waals surface area (Å²) in [5, 5.41) is 24.1. The van der Waals surface area contributed by atoms with Crippen LogP contribution >= 0.6 is 0 Å². The van der Waals surface area contributed by atoms with Crippen LogP contribution in [-0.4, -0.2) is 54.0 Å². The van der Waals surface area contributed by atoms with Crippen LogP contribution in [0.2, 0.25) is 0 Å². The van der Waals surface area contributed by atoms with Crippen molar-refractivity contribution in [3.63, 3.8) is 0 Å². The third-order valence-corrected chi connectivity index (χ3v) is 5.96. The normalized spacial score (nSPS) is 15.2. The number of benzene rings is 2. The first-order valence-corrected chi connectivity index (χ1v) is 10.5. The lowest BCUT2D eigenvalue weighted by molar-refractivity contribution is 0.127. The highest BCUT2D eigenvalue weighted by Crippen LogP contribution is 2.36. The van der Waals surface area contributed by atoms with Crippen LogP contribution < -0.4 is 14.8 Å². The summed E-state index contributed by atoms with van der Waals surface area (Å²) < 4.78 is 10.8. The third-order valence-electron chi connectivity index (χ3n) is 5.96. The second kappa shape index (κ2) is 9.41. The average molecular weight is 424 g/mol. The number of aromatic hydroxyl groups is 1. The molecule has 4 rings (SSSR count). The van der Waals surface area contributed by atoms with Gasteiger partial charge in [0.05, 0.1) is 19.7 Å². The van der Waals surface area contributed by atoms with Crippen molar-refractivity contribution in [1.82, 2.24) is 9.88 Å². The third kappa shape index (κ3) is 4.68. The largest absolute Gasteiger partial charge is 0.508 e. The Morgan fingerprint density at radius 3 is 2.52 bits per heavy atom. The minimum absolute atomic E-state index is 0.259. The highest BCUT2D eigenvalue weighted by molar-refractivity contribution is 5.95. The van der Waals surface area contributed by atoms with Crippen molar-refractivity contribution in [3.8, 4) is 17.2 Å². The Morgan fingerprint density at radius 1 is 1.06 bits per heavy atom. The van der Waals surface area contributed by atoms with Gasteiger partial charge in [-0.2, -0.15) is 0 Å². The highest BCUT2D eigenvalue weighted by atomic mass is 16.5. The molecule has 0 bridgehead atoms. The molecule has 2 heterocycles. The van der Waals surface area contributed by atoms with E-state index in [4.69, 9.17) is 9.47 Å². The predicted molar refractivity (Wildman–Crippen MR) is 121 cm³/mol. The van der Waals surface area contributed by atoms with E-state index in [1.165, 1.54) is 0 Å². The lowest BCUT2D eigenvalue weighted by atomic mass is 9.97. The van der Waals surface area contributed by atoms with Crippen LogP contribution in [0.1, 0.15) is 18.4 Å². The number of methoxy groups -OCH3 is 2. The van der Waals surface area contributed by atoms with Gasteiger partial charge in [-0.3, -0.25) is 9.88 Å². The fourth-order valence-corrected chi connectivity index (χ4v) is 4.10. The van der Waals surface area contributed by atoms with Crippen molar-refractivity contribution in [2.45, 2.75) is 19.4 Å². The molecule has 0 saturated carbocycles. The summed E-state index contributed by atoms with van der Waals surface area (Å²) in [6.07, 6.45) is 3.73. The van der Waals surface area contributed by atoms with Gasteiger partial charge < -0.3 is 25.0 Å². The number of pyridine rings is 1. The van der Waals surface area contributed by atoms with Crippen molar-refractivity contribution in [1.29, 1.82) is 0 Å². The number of nitrogens with zero attached hydrogens (tertiary/aromatic N) is 2. The Hall–Kier alpha value is -3.03. The molecule has 7 nitrogen and oxygen atoms in total. The number of aliphatic hydroxyl groups excluding tert-OH is 1. The zero-order valence-electron chi connectivity index (χ0n) is 18.0. The number of anilines is 2. The van der Waals surface area contributed by atoms with Crippen molar-refractivity contribution >= 4 is 22.3 Å². The number of piperidine rings is 1. The lowest BCUT2D eigenvalue weighted by Crippen LogP contribution is -2.34. The van der Waals surface area contributed by atoms with Gasteiger partial charge in [0.1, 0.15) is 5.75 Å². The first-order chi connectivity index (χ1) is 15.1. The van der Waals surface area contributed by atoms with Gasteiger partial charge in [-0.15, -0.1) is 0 Å².